The van der Waals surface area contributed by atoms with Crippen molar-refractivity contribution in [3.8, 4) is 23.3 Å². The Bertz CT molecular complexity index is 1070. The first-order valence-corrected chi connectivity index (χ1v) is 8.99. The number of hydrogen-bond acceptors (Lipinski definition) is 7. The van der Waals surface area contributed by atoms with Crippen molar-refractivity contribution < 1.29 is 18.9 Å². The summed E-state index contributed by atoms with van der Waals surface area (Å²) in [6.45, 7) is 2.56. The van der Waals surface area contributed by atoms with Gasteiger partial charge in [-0.15, -0.1) is 0 Å². The Morgan fingerprint density at radius 3 is 2.62 bits per heavy atom. The molecule has 1 aromatic carbocycles. The van der Waals surface area contributed by atoms with E-state index in [9.17, 15) is 10.1 Å². The van der Waals surface area contributed by atoms with Gasteiger partial charge in [0.25, 0.3) is 5.56 Å². The van der Waals surface area contributed by atoms with Gasteiger partial charge in [-0.2, -0.15) is 5.26 Å². The van der Waals surface area contributed by atoms with Gasteiger partial charge < -0.3 is 29.2 Å². The van der Waals surface area contributed by atoms with E-state index in [0.29, 0.717) is 47.2 Å². The first-order valence-electron chi connectivity index (χ1n) is 8.99. The van der Waals surface area contributed by atoms with Gasteiger partial charge in [0.2, 0.25) is 5.88 Å². The lowest BCUT2D eigenvalue weighted by atomic mass is 9.83. The standard InChI is InChI=1S/C21H23N3O5/c1-12-9-17-19(21(25)24(12)7-8-26-2)18(15(11-22)20(23)29-17)14-6-5-13(27-3)10-16(14)28-4/h5-6,9-10,18H,7-8,23H2,1-4H3/t18-/m0/s1. The van der Waals surface area contributed by atoms with Gasteiger partial charge in [-0.25, -0.2) is 0 Å². The maximum Gasteiger partial charge on any atom is 0.258 e. The summed E-state index contributed by atoms with van der Waals surface area (Å²) in [6.07, 6.45) is 0. The van der Waals surface area contributed by atoms with Crippen LogP contribution in [0.1, 0.15) is 22.7 Å². The predicted molar refractivity (Wildman–Crippen MR) is 106 cm³/mol. The third-order valence-electron chi connectivity index (χ3n) is 4.96. The molecule has 0 bridgehead atoms. The minimum atomic E-state index is -0.730. The molecule has 2 N–H and O–H groups in total. The van der Waals surface area contributed by atoms with Crippen LogP contribution in [0.2, 0.25) is 0 Å². The number of allylic oxidation sites excluding steroid dienone is 1. The van der Waals surface area contributed by atoms with Crippen LogP contribution < -0.4 is 25.5 Å². The number of fused-ring (bicyclic) bond motifs is 1. The van der Waals surface area contributed by atoms with Crippen LogP contribution in [0, 0.1) is 18.3 Å². The van der Waals surface area contributed by atoms with Gasteiger partial charge >= 0.3 is 0 Å². The van der Waals surface area contributed by atoms with Crippen molar-refractivity contribution in [3.05, 3.63) is 62.9 Å². The Morgan fingerprint density at radius 2 is 2.00 bits per heavy atom. The maximum absolute atomic E-state index is 13.4. The third-order valence-corrected chi connectivity index (χ3v) is 4.96. The summed E-state index contributed by atoms with van der Waals surface area (Å²) >= 11 is 0. The van der Waals surface area contributed by atoms with Crippen molar-refractivity contribution in [2.45, 2.75) is 19.4 Å². The molecule has 1 aliphatic heterocycles. The van der Waals surface area contributed by atoms with Crippen molar-refractivity contribution >= 4 is 0 Å². The van der Waals surface area contributed by atoms with E-state index in [1.165, 1.54) is 7.11 Å². The van der Waals surface area contributed by atoms with E-state index < -0.39 is 5.92 Å². The van der Waals surface area contributed by atoms with Crippen LogP contribution in [0.25, 0.3) is 0 Å². The lowest BCUT2D eigenvalue weighted by molar-refractivity contribution is 0.185. The van der Waals surface area contributed by atoms with Crippen LogP contribution in [-0.4, -0.2) is 32.5 Å². The van der Waals surface area contributed by atoms with Crippen LogP contribution in [0.5, 0.6) is 17.2 Å². The smallest absolute Gasteiger partial charge is 0.258 e. The van der Waals surface area contributed by atoms with E-state index in [1.807, 2.05) is 6.92 Å². The Morgan fingerprint density at radius 1 is 1.24 bits per heavy atom. The summed E-state index contributed by atoms with van der Waals surface area (Å²) in [6, 6.07) is 9.06. The minimum Gasteiger partial charge on any atom is -0.497 e. The highest BCUT2D eigenvalue weighted by molar-refractivity contribution is 5.59. The summed E-state index contributed by atoms with van der Waals surface area (Å²) in [7, 11) is 4.64. The van der Waals surface area contributed by atoms with Gasteiger partial charge in [-0.1, -0.05) is 6.07 Å². The summed E-state index contributed by atoms with van der Waals surface area (Å²) < 4.78 is 23.2. The van der Waals surface area contributed by atoms with E-state index in [4.69, 9.17) is 24.7 Å². The molecular weight excluding hydrogens is 374 g/mol. The number of aryl methyl sites for hydroxylation is 1. The fraction of sp³-hybridized carbons (Fsp3) is 0.333. The first kappa shape index (κ1) is 20.3. The predicted octanol–water partition coefficient (Wildman–Crippen LogP) is 2.04. The molecule has 0 saturated heterocycles. The number of nitrogens with two attached hydrogens (primary N) is 1. The molecular formula is C21H23N3O5. The van der Waals surface area contributed by atoms with E-state index in [-0.39, 0.29) is 17.0 Å². The van der Waals surface area contributed by atoms with Gasteiger partial charge in [0.15, 0.2) is 0 Å². The molecule has 152 valence electrons. The summed E-state index contributed by atoms with van der Waals surface area (Å²) in [5.74, 6) is 0.643. The fourth-order valence-corrected chi connectivity index (χ4v) is 3.51. The number of rotatable bonds is 6. The van der Waals surface area contributed by atoms with Crippen LogP contribution >= 0.6 is 0 Å². The topological polar surface area (TPSA) is 109 Å². The van der Waals surface area contributed by atoms with Gasteiger partial charge in [0, 0.05) is 37.0 Å². The number of hydrogen-bond donors (Lipinski definition) is 1. The average Bonchev–Trinajstić information content (AvgIpc) is 2.72. The molecule has 1 aromatic heterocycles. The van der Waals surface area contributed by atoms with Crippen LogP contribution in [0.3, 0.4) is 0 Å². The summed E-state index contributed by atoms with van der Waals surface area (Å²) in [5.41, 5.74) is 7.59. The highest BCUT2D eigenvalue weighted by Gasteiger charge is 2.36. The Labute approximate surface area is 168 Å². The second-order valence-electron chi connectivity index (χ2n) is 6.55. The molecule has 0 saturated carbocycles. The molecule has 0 unspecified atom stereocenters. The number of pyridine rings is 1. The van der Waals surface area contributed by atoms with Crippen LogP contribution in [0.4, 0.5) is 0 Å². The lowest BCUT2D eigenvalue weighted by Crippen LogP contribution is -2.33. The highest BCUT2D eigenvalue weighted by Crippen LogP contribution is 2.44. The molecule has 0 amide bonds. The normalized spacial score (nSPS) is 15.3. The van der Waals surface area contributed by atoms with Crippen molar-refractivity contribution in [2.24, 2.45) is 5.73 Å². The monoisotopic (exact) mass is 397 g/mol. The van der Waals surface area contributed by atoms with Gasteiger partial charge in [-0.3, -0.25) is 4.79 Å². The number of nitrogens with zero attached hydrogens (tertiary/aromatic N) is 2. The third kappa shape index (κ3) is 3.52. The van der Waals surface area contributed by atoms with Crippen LogP contribution in [0.15, 0.2) is 40.5 Å². The zero-order valence-corrected chi connectivity index (χ0v) is 16.8. The fourth-order valence-electron chi connectivity index (χ4n) is 3.51. The minimum absolute atomic E-state index is 0.0312. The number of aromatic nitrogens is 1. The lowest BCUT2D eigenvalue weighted by Gasteiger charge is -2.28. The Balaban J connectivity index is 2.30. The molecule has 2 heterocycles. The molecule has 8 nitrogen and oxygen atoms in total. The molecule has 2 aromatic rings. The van der Waals surface area contributed by atoms with Gasteiger partial charge in [0.1, 0.15) is 28.9 Å². The van der Waals surface area contributed by atoms with Crippen LogP contribution in [-0.2, 0) is 11.3 Å². The molecule has 0 radical (unpaired) electrons. The van der Waals surface area contributed by atoms with E-state index in [2.05, 4.69) is 6.07 Å². The SMILES string of the molecule is COCCn1c(C)cc2c(c1=O)[C@@H](c1ccc(OC)cc1OC)C(C#N)=C(N)O2. The van der Waals surface area contributed by atoms with Crippen molar-refractivity contribution in [2.75, 3.05) is 27.9 Å². The number of methoxy groups -OCH3 is 3. The summed E-state index contributed by atoms with van der Waals surface area (Å²) in [5, 5.41) is 9.78. The maximum atomic E-state index is 13.4. The highest BCUT2D eigenvalue weighted by atomic mass is 16.5. The zero-order valence-electron chi connectivity index (χ0n) is 16.8. The molecule has 1 aliphatic rings. The molecule has 8 heteroatoms. The second kappa shape index (κ2) is 8.29. The zero-order chi connectivity index (χ0) is 21.1. The Kier molecular flexibility index (Phi) is 5.80. The molecule has 1 atom stereocenters. The average molecular weight is 397 g/mol. The Hall–Kier alpha value is -3.44. The van der Waals surface area contributed by atoms with Gasteiger partial charge in [0.05, 0.1) is 32.3 Å². The largest absolute Gasteiger partial charge is 0.497 e. The van der Waals surface area contributed by atoms with Crippen molar-refractivity contribution in [3.63, 3.8) is 0 Å². The molecule has 0 spiro atoms. The number of nitriles is 1. The summed E-state index contributed by atoms with van der Waals surface area (Å²) in [4.78, 5) is 13.4. The molecule has 0 fully saturated rings. The number of benzene rings is 1. The molecule has 3 rings (SSSR count). The van der Waals surface area contributed by atoms with Crippen molar-refractivity contribution in [1.82, 2.24) is 4.57 Å². The number of ether oxygens (including phenoxy) is 4. The van der Waals surface area contributed by atoms with E-state index >= 15 is 0 Å². The quantitative estimate of drug-likeness (QED) is 0.794. The molecule has 0 aliphatic carbocycles. The van der Waals surface area contributed by atoms with E-state index in [1.54, 1.807) is 43.1 Å². The van der Waals surface area contributed by atoms with Crippen molar-refractivity contribution in [1.29, 1.82) is 5.26 Å². The van der Waals surface area contributed by atoms with E-state index in [0.717, 1.165) is 0 Å². The van der Waals surface area contributed by atoms with Gasteiger partial charge in [-0.05, 0) is 13.0 Å². The molecule has 29 heavy (non-hydrogen) atoms. The first-order chi connectivity index (χ1) is 14.0. The second-order valence-corrected chi connectivity index (χ2v) is 6.55.